The van der Waals surface area contributed by atoms with Gasteiger partial charge in [0.05, 0.1) is 0 Å². The van der Waals surface area contributed by atoms with Gasteiger partial charge in [0, 0.05) is 14.2 Å². The van der Waals surface area contributed by atoms with Crippen molar-refractivity contribution in [3.05, 3.63) is 29.8 Å². The summed E-state index contributed by atoms with van der Waals surface area (Å²) in [6, 6.07) is 7.46. The Morgan fingerprint density at radius 3 is 2.12 bits per heavy atom. The Morgan fingerprint density at radius 2 is 1.71 bits per heavy atom. The molecule has 1 unspecified atom stereocenters. The van der Waals surface area contributed by atoms with Crippen LogP contribution in [0.5, 0.6) is 5.75 Å². The molecular weight excluding hydrogens is 239 g/mol. The van der Waals surface area contributed by atoms with E-state index < -0.39 is 7.82 Å². The molecule has 0 aliphatic rings. The van der Waals surface area contributed by atoms with Gasteiger partial charge in [-0.25, -0.2) is 4.57 Å². The third-order valence-electron chi connectivity index (χ3n) is 2.73. The summed E-state index contributed by atoms with van der Waals surface area (Å²) in [5.74, 6) is 0.977. The van der Waals surface area contributed by atoms with Crippen LogP contribution in [-0.4, -0.2) is 14.2 Å². The number of rotatable bonds is 6. The molecule has 1 aromatic rings. The summed E-state index contributed by atoms with van der Waals surface area (Å²) >= 11 is 0. The smallest absolute Gasteiger partial charge is 0.404 e. The molecule has 1 atom stereocenters. The van der Waals surface area contributed by atoms with Crippen LogP contribution in [0, 0.1) is 0 Å². The lowest BCUT2D eigenvalue weighted by Crippen LogP contribution is -1.97. The van der Waals surface area contributed by atoms with Crippen molar-refractivity contribution in [1.82, 2.24) is 0 Å². The minimum atomic E-state index is -3.45. The van der Waals surface area contributed by atoms with Crippen LogP contribution in [-0.2, 0) is 13.6 Å². The highest BCUT2D eigenvalue weighted by molar-refractivity contribution is 7.48. The van der Waals surface area contributed by atoms with E-state index in [1.54, 1.807) is 12.1 Å². The first-order valence-electron chi connectivity index (χ1n) is 5.55. The Morgan fingerprint density at radius 1 is 1.18 bits per heavy atom. The Balaban J connectivity index is 2.78. The van der Waals surface area contributed by atoms with E-state index in [0.29, 0.717) is 11.7 Å². The fraction of sp³-hybridized carbons (Fsp3) is 0.500. The van der Waals surface area contributed by atoms with Gasteiger partial charge in [-0.1, -0.05) is 26.0 Å². The molecule has 0 fully saturated rings. The molecule has 0 saturated carbocycles. The summed E-state index contributed by atoms with van der Waals surface area (Å²) in [7, 11) is -0.870. The summed E-state index contributed by atoms with van der Waals surface area (Å²) < 4.78 is 26.3. The molecule has 0 radical (unpaired) electrons. The number of hydrogen-bond donors (Lipinski definition) is 0. The zero-order valence-electron chi connectivity index (χ0n) is 10.7. The van der Waals surface area contributed by atoms with Gasteiger partial charge < -0.3 is 4.52 Å². The van der Waals surface area contributed by atoms with Gasteiger partial charge in [0.1, 0.15) is 5.75 Å². The first-order chi connectivity index (χ1) is 8.04. The van der Waals surface area contributed by atoms with Crippen LogP contribution in [0.1, 0.15) is 31.7 Å². The summed E-state index contributed by atoms with van der Waals surface area (Å²) in [6.45, 7) is 4.30. The second-order valence-corrected chi connectivity index (χ2v) is 5.59. The van der Waals surface area contributed by atoms with Gasteiger partial charge in [0.25, 0.3) is 0 Å². The van der Waals surface area contributed by atoms with Gasteiger partial charge in [-0.05, 0) is 30.0 Å². The minimum absolute atomic E-state index is 0.476. The predicted octanol–water partition coefficient (Wildman–Crippen LogP) is 3.98. The Hall–Kier alpha value is -0.830. The quantitative estimate of drug-likeness (QED) is 0.724. The third-order valence-corrected chi connectivity index (χ3v) is 4.05. The molecule has 0 aromatic heterocycles. The molecule has 96 valence electrons. The number of phosphoric acid groups is 1. The van der Waals surface area contributed by atoms with E-state index in [-0.39, 0.29) is 0 Å². The van der Waals surface area contributed by atoms with Crippen LogP contribution in [0.4, 0.5) is 0 Å². The van der Waals surface area contributed by atoms with Crippen molar-refractivity contribution in [1.29, 1.82) is 0 Å². The molecule has 1 aromatic carbocycles. The van der Waals surface area contributed by atoms with E-state index in [1.165, 1.54) is 19.8 Å². The van der Waals surface area contributed by atoms with Crippen molar-refractivity contribution in [3.8, 4) is 5.75 Å². The molecule has 0 saturated heterocycles. The maximum absolute atomic E-state index is 11.7. The van der Waals surface area contributed by atoms with Crippen molar-refractivity contribution in [2.24, 2.45) is 0 Å². The normalized spacial score (nSPS) is 13.4. The molecule has 0 aliphatic heterocycles. The lowest BCUT2D eigenvalue weighted by molar-refractivity contribution is 0.211. The van der Waals surface area contributed by atoms with Crippen molar-refractivity contribution >= 4 is 7.82 Å². The van der Waals surface area contributed by atoms with Gasteiger partial charge in [-0.2, -0.15) is 0 Å². The van der Waals surface area contributed by atoms with Crippen LogP contribution < -0.4 is 4.52 Å². The molecule has 0 spiro atoms. The summed E-state index contributed by atoms with van der Waals surface area (Å²) in [4.78, 5) is 0. The molecule has 0 aliphatic carbocycles. The molecule has 0 amide bonds. The Labute approximate surface area is 103 Å². The molecule has 17 heavy (non-hydrogen) atoms. The molecule has 0 N–H and O–H groups in total. The summed E-state index contributed by atoms with van der Waals surface area (Å²) in [5.41, 5.74) is 1.23. The van der Waals surface area contributed by atoms with E-state index in [4.69, 9.17) is 13.6 Å². The molecule has 0 bridgehead atoms. The SMILES string of the molecule is CCC(C)c1ccc(OP(=O)(OC)OC)cc1. The number of phosphoric ester groups is 1. The molecule has 5 heteroatoms. The topological polar surface area (TPSA) is 44.8 Å². The fourth-order valence-corrected chi connectivity index (χ4v) is 2.05. The van der Waals surface area contributed by atoms with Gasteiger partial charge >= 0.3 is 7.82 Å². The summed E-state index contributed by atoms with van der Waals surface area (Å²) in [5, 5.41) is 0. The van der Waals surface area contributed by atoms with Crippen molar-refractivity contribution < 1.29 is 18.1 Å². The molecular formula is C12H19O4P. The third kappa shape index (κ3) is 3.84. The average molecular weight is 258 g/mol. The number of hydrogen-bond acceptors (Lipinski definition) is 4. The lowest BCUT2D eigenvalue weighted by atomic mass is 9.99. The summed E-state index contributed by atoms with van der Waals surface area (Å²) in [6.07, 6.45) is 1.08. The van der Waals surface area contributed by atoms with Gasteiger partial charge in [-0.3, -0.25) is 9.05 Å². The second-order valence-electron chi connectivity index (χ2n) is 3.78. The molecule has 1 rings (SSSR count). The van der Waals surface area contributed by atoms with E-state index in [0.717, 1.165) is 6.42 Å². The highest BCUT2D eigenvalue weighted by atomic mass is 31.2. The maximum Gasteiger partial charge on any atom is 0.529 e. The predicted molar refractivity (Wildman–Crippen MR) is 67.4 cm³/mol. The standard InChI is InChI=1S/C12H19O4P/c1-5-10(2)11-6-8-12(9-7-11)16-17(13,14-3)15-4/h6-10H,5H2,1-4H3. The van der Waals surface area contributed by atoms with Gasteiger partial charge in [-0.15, -0.1) is 0 Å². The van der Waals surface area contributed by atoms with Gasteiger partial charge in [0.15, 0.2) is 0 Å². The maximum atomic E-state index is 11.7. The average Bonchev–Trinajstić information content (AvgIpc) is 2.38. The van der Waals surface area contributed by atoms with E-state index in [9.17, 15) is 4.57 Å². The minimum Gasteiger partial charge on any atom is -0.404 e. The highest BCUT2D eigenvalue weighted by Crippen LogP contribution is 2.47. The molecule has 4 nitrogen and oxygen atoms in total. The number of benzene rings is 1. The van der Waals surface area contributed by atoms with Crippen molar-refractivity contribution in [2.75, 3.05) is 14.2 Å². The second kappa shape index (κ2) is 6.20. The van der Waals surface area contributed by atoms with Crippen LogP contribution in [0.15, 0.2) is 24.3 Å². The van der Waals surface area contributed by atoms with Crippen molar-refractivity contribution in [3.63, 3.8) is 0 Å². The zero-order valence-corrected chi connectivity index (χ0v) is 11.6. The lowest BCUT2D eigenvalue weighted by Gasteiger charge is -2.15. The Kier molecular flexibility index (Phi) is 5.19. The fourth-order valence-electron chi connectivity index (χ4n) is 1.37. The molecule has 0 heterocycles. The Bertz CT molecular complexity index is 380. The van der Waals surface area contributed by atoms with E-state index >= 15 is 0 Å². The van der Waals surface area contributed by atoms with Crippen LogP contribution in [0.3, 0.4) is 0 Å². The van der Waals surface area contributed by atoms with Crippen molar-refractivity contribution in [2.45, 2.75) is 26.2 Å². The first-order valence-corrected chi connectivity index (χ1v) is 7.01. The van der Waals surface area contributed by atoms with E-state index in [1.807, 2.05) is 12.1 Å². The monoisotopic (exact) mass is 258 g/mol. The van der Waals surface area contributed by atoms with Crippen LogP contribution >= 0.6 is 7.82 Å². The van der Waals surface area contributed by atoms with Gasteiger partial charge in [0.2, 0.25) is 0 Å². The largest absolute Gasteiger partial charge is 0.529 e. The highest BCUT2D eigenvalue weighted by Gasteiger charge is 2.24. The van der Waals surface area contributed by atoms with E-state index in [2.05, 4.69) is 13.8 Å². The van der Waals surface area contributed by atoms with Crippen LogP contribution in [0.25, 0.3) is 0 Å². The van der Waals surface area contributed by atoms with Crippen LogP contribution in [0.2, 0.25) is 0 Å². The first kappa shape index (κ1) is 14.2. The zero-order chi connectivity index (χ0) is 12.9.